The number of methoxy groups -OCH3 is 2. The highest BCUT2D eigenvalue weighted by Crippen LogP contribution is 2.28. The van der Waals surface area contributed by atoms with E-state index in [9.17, 15) is 24.3 Å². The molecule has 2 aromatic rings. The molecule has 0 aliphatic carbocycles. The number of hydrogen-bond donors (Lipinski definition) is 5. The van der Waals surface area contributed by atoms with Crippen molar-refractivity contribution in [1.82, 2.24) is 46.0 Å². The Kier molecular flexibility index (Phi) is 21.1. The molecule has 5 N–H and O–H groups in total. The average molecular weight is 884 g/mol. The van der Waals surface area contributed by atoms with Gasteiger partial charge in [-0.25, -0.2) is 14.6 Å². The molecule has 352 valence electrons. The molecule has 0 unspecified atom stereocenters. The first kappa shape index (κ1) is 50.9. The van der Waals surface area contributed by atoms with E-state index in [0.29, 0.717) is 64.1 Å². The molecule has 0 bridgehead atoms. The highest BCUT2D eigenvalue weighted by Gasteiger charge is 2.33. The van der Waals surface area contributed by atoms with Gasteiger partial charge in [0.1, 0.15) is 12.1 Å². The van der Waals surface area contributed by atoms with E-state index < -0.39 is 36.0 Å². The lowest BCUT2D eigenvalue weighted by Crippen LogP contribution is -2.60. The zero-order valence-electron chi connectivity index (χ0n) is 38.6. The monoisotopic (exact) mass is 884 g/mol. The number of ether oxygens (including phenoxy) is 4. The van der Waals surface area contributed by atoms with Crippen molar-refractivity contribution in [2.24, 2.45) is 11.8 Å². The van der Waals surface area contributed by atoms with Crippen LogP contribution in [-0.2, 0) is 32.0 Å². The fraction of sp³-hybridized carbons (Fsp3) is 0.644. The molecule has 4 rings (SSSR count). The number of nitrogens with one attached hydrogen (secondary N) is 4. The molecule has 18 nitrogen and oxygen atoms in total. The van der Waals surface area contributed by atoms with Gasteiger partial charge in [0.25, 0.3) is 5.91 Å². The molecule has 2 aliphatic rings. The molecule has 4 atom stereocenters. The molecule has 63 heavy (non-hydrogen) atoms. The highest BCUT2D eigenvalue weighted by atomic mass is 16.5. The van der Waals surface area contributed by atoms with E-state index in [4.69, 9.17) is 18.9 Å². The number of morpholine rings is 2. The van der Waals surface area contributed by atoms with Crippen molar-refractivity contribution in [2.45, 2.75) is 64.9 Å². The summed E-state index contributed by atoms with van der Waals surface area (Å²) in [4.78, 5) is 62.8. The minimum atomic E-state index is -1.23. The smallest absolute Gasteiger partial charge is 0.317 e. The van der Waals surface area contributed by atoms with E-state index in [1.165, 1.54) is 7.11 Å². The minimum absolute atomic E-state index is 0.120. The van der Waals surface area contributed by atoms with Crippen LogP contribution in [0, 0.1) is 11.8 Å². The van der Waals surface area contributed by atoms with Crippen molar-refractivity contribution in [1.29, 1.82) is 0 Å². The summed E-state index contributed by atoms with van der Waals surface area (Å²) in [7, 11) is 6.48. The van der Waals surface area contributed by atoms with Gasteiger partial charge in [-0.05, 0) is 41.5 Å². The second kappa shape index (κ2) is 26.2. The van der Waals surface area contributed by atoms with Gasteiger partial charge >= 0.3 is 12.1 Å². The van der Waals surface area contributed by atoms with Gasteiger partial charge in [0, 0.05) is 79.5 Å². The summed E-state index contributed by atoms with van der Waals surface area (Å²) in [6, 6.07) is 11.4. The first-order valence-electron chi connectivity index (χ1n) is 22.1. The standard InChI is InChI=1S/C45H73N9O9/c1-32(2)40(47-44(58)50(5)16-18-52-20-24-62-25-21-52)42(56)46-36(28-34-12-10-9-11-13-34)37(55)31-54(30-35-14-15-38(60-7)39(29-35)61-8)49-43(57)41(33(3)4)48-45(59)51(6)17-19-53-22-26-63-27-23-53/h9-15,29,32-33,36-37,40-41,55H,16-28,30-31H2,1-8H3,(H,46,56)(H,47,58)(H,48,59)(H,49,57)/t36-,37-,40-,41-/m0/s1. The van der Waals surface area contributed by atoms with Gasteiger partial charge in [-0.1, -0.05) is 64.1 Å². The molecule has 2 fully saturated rings. The molecule has 18 heteroatoms. The summed E-state index contributed by atoms with van der Waals surface area (Å²) in [5.74, 6) is -0.484. The number of hydrogen-bond acceptors (Lipinski definition) is 12. The fourth-order valence-corrected chi connectivity index (χ4v) is 7.34. The van der Waals surface area contributed by atoms with Gasteiger partial charge in [0.2, 0.25) is 5.91 Å². The van der Waals surface area contributed by atoms with Crippen LogP contribution in [0.15, 0.2) is 48.5 Å². The average Bonchev–Trinajstić information content (AvgIpc) is 3.28. The van der Waals surface area contributed by atoms with E-state index in [1.807, 2.05) is 64.1 Å². The van der Waals surface area contributed by atoms with Crippen molar-refractivity contribution in [3.05, 3.63) is 59.7 Å². The van der Waals surface area contributed by atoms with E-state index in [2.05, 4.69) is 31.2 Å². The number of nitrogens with zero attached hydrogens (tertiary/aromatic N) is 5. The van der Waals surface area contributed by atoms with Gasteiger partial charge in [-0.3, -0.25) is 24.8 Å². The Labute approximate surface area is 373 Å². The Balaban J connectivity index is 1.53. The number of benzene rings is 2. The lowest BCUT2D eigenvalue weighted by Gasteiger charge is -2.34. The summed E-state index contributed by atoms with van der Waals surface area (Å²) in [5, 5.41) is 22.6. The number of carbonyl (C=O) groups excluding carboxylic acids is 4. The lowest BCUT2D eigenvalue weighted by atomic mass is 9.98. The zero-order valence-corrected chi connectivity index (χ0v) is 38.6. The third-order valence-electron chi connectivity index (χ3n) is 11.4. The van der Waals surface area contributed by atoms with Gasteiger partial charge in [-0.15, -0.1) is 0 Å². The maximum absolute atomic E-state index is 14.2. The Morgan fingerprint density at radius 1 is 0.698 bits per heavy atom. The fourth-order valence-electron chi connectivity index (χ4n) is 7.34. The molecule has 0 saturated carbocycles. The Morgan fingerprint density at radius 2 is 1.21 bits per heavy atom. The first-order valence-corrected chi connectivity index (χ1v) is 22.1. The Morgan fingerprint density at radius 3 is 1.70 bits per heavy atom. The highest BCUT2D eigenvalue weighted by molar-refractivity contribution is 5.88. The van der Waals surface area contributed by atoms with E-state index >= 15 is 0 Å². The number of urea groups is 2. The lowest BCUT2D eigenvalue weighted by molar-refractivity contribution is -0.131. The molecular formula is C45H73N9O9. The van der Waals surface area contributed by atoms with Gasteiger partial charge in [0.05, 0.1) is 52.8 Å². The van der Waals surface area contributed by atoms with Crippen LogP contribution in [0.2, 0.25) is 0 Å². The van der Waals surface area contributed by atoms with E-state index in [-0.39, 0.29) is 43.4 Å². The third kappa shape index (κ3) is 16.7. The van der Waals surface area contributed by atoms with Crippen LogP contribution < -0.4 is 30.8 Å². The maximum Gasteiger partial charge on any atom is 0.317 e. The van der Waals surface area contributed by atoms with Crippen LogP contribution in [-0.4, -0.2) is 191 Å². The van der Waals surface area contributed by atoms with Crippen LogP contribution in [0.25, 0.3) is 0 Å². The molecule has 2 heterocycles. The number of carbonyl (C=O) groups is 4. The van der Waals surface area contributed by atoms with Gasteiger partial charge < -0.3 is 49.8 Å². The molecule has 2 aliphatic heterocycles. The number of rotatable bonds is 23. The number of aliphatic hydroxyl groups excluding tert-OH is 1. The second-order valence-electron chi connectivity index (χ2n) is 17.0. The van der Waals surface area contributed by atoms with Crippen LogP contribution in [0.5, 0.6) is 11.5 Å². The summed E-state index contributed by atoms with van der Waals surface area (Å²) in [6.07, 6.45) is -0.973. The van der Waals surface area contributed by atoms with Crippen molar-refractivity contribution in [3.8, 4) is 11.5 Å². The van der Waals surface area contributed by atoms with Crippen LogP contribution in [0.4, 0.5) is 9.59 Å². The largest absolute Gasteiger partial charge is 0.493 e. The molecule has 0 radical (unpaired) electrons. The number of aliphatic hydroxyl groups is 1. The molecule has 2 saturated heterocycles. The van der Waals surface area contributed by atoms with Crippen molar-refractivity contribution < 1.29 is 43.2 Å². The number of hydrazine groups is 1. The normalized spacial score (nSPS) is 16.8. The molecule has 0 spiro atoms. The van der Waals surface area contributed by atoms with Crippen LogP contribution >= 0.6 is 0 Å². The molecular weight excluding hydrogens is 811 g/mol. The van der Waals surface area contributed by atoms with E-state index in [0.717, 1.165) is 37.3 Å². The number of likely N-dealkylation sites (N-methyl/N-ethyl adjacent to an activating group) is 2. The SMILES string of the molecule is COc1ccc(CN(C[C@H](O)[C@H](Cc2ccccc2)NC(=O)[C@@H](NC(=O)N(C)CCN2CCOCC2)C(C)C)NC(=O)[C@@H](NC(=O)N(C)CCN2CCOCC2)C(C)C)cc1OC. The third-order valence-corrected chi connectivity index (χ3v) is 11.4. The summed E-state index contributed by atoms with van der Waals surface area (Å²) in [5.41, 5.74) is 4.58. The van der Waals surface area contributed by atoms with Gasteiger partial charge in [0.15, 0.2) is 11.5 Å². The quantitative estimate of drug-likeness (QED) is 0.102. The molecule has 6 amide bonds. The van der Waals surface area contributed by atoms with Gasteiger partial charge in [-0.2, -0.15) is 0 Å². The summed E-state index contributed by atoms with van der Waals surface area (Å²) < 4.78 is 21.9. The maximum atomic E-state index is 14.2. The predicted octanol–water partition coefficient (Wildman–Crippen LogP) is 1.62. The van der Waals surface area contributed by atoms with Crippen molar-refractivity contribution in [2.75, 3.05) is 114 Å². The molecule has 0 aromatic heterocycles. The second-order valence-corrected chi connectivity index (χ2v) is 17.0. The van der Waals surface area contributed by atoms with Crippen LogP contribution in [0.1, 0.15) is 38.8 Å². The topological polar surface area (TPSA) is 190 Å². The first-order chi connectivity index (χ1) is 30.2. The predicted molar refractivity (Wildman–Crippen MR) is 240 cm³/mol. The summed E-state index contributed by atoms with van der Waals surface area (Å²) >= 11 is 0. The summed E-state index contributed by atoms with van der Waals surface area (Å²) in [6.45, 7) is 15.5. The molecule has 2 aromatic carbocycles. The minimum Gasteiger partial charge on any atom is -0.493 e. The Hall–Kier alpha value is -4.72. The number of amides is 6. The Bertz CT molecular complexity index is 1710. The van der Waals surface area contributed by atoms with Crippen molar-refractivity contribution >= 4 is 23.9 Å². The van der Waals surface area contributed by atoms with Crippen molar-refractivity contribution in [3.63, 3.8) is 0 Å². The van der Waals surface area contributed by atoms with E-state index in [1.54, 1.807) is 48.1 Å². The van der Waals surface area contributed by atoms with Crippen LogP contribution in [0.3, 0.4) is 0 Å². The zero-order chi connectivity index (χ0) is 45.9.